The smallest absolute Gasteiger partial charge is 0.321 e. The number of halogens is 1. The highest BCUT2D eigenvalue weighted by molar-refractivity contribution is 9.10. The average molecular weight is 331 g/mol. The number of benzene rings is 1. The maximum Gasteiger partial charge on any atom is 0.321 e. The SMILES string of the molecule is COC(=O)C(Br)CNC(=O)c1ccccc1[N+](=O)[O-]. The van der Waals surface area contributed by atoms with Gasteiger partial charge in [-0.15, -0.1) is 0 Å². The molecule has 0 aliphatic carbocycles. The highest BCUT2D eigenvalue weighted by Crippen LogP contribution is 2.17. The Bertz CT molecular complexity index is 506. The van der Waals surface area contributed by atoms with Gasteiger partial charge in [-0.25, -0.2) is 0 Å². The molecule has 1 aromatic carbocycles. The summed E-state index contributed by atoms with van der Waals surface area (Å²) in [6, 6.07) is 5.57. The van der Waals surface area contributed by atoms with Gasteiger partial charge in [-0.05, 0) is 6.07 Å². The summed E-state index contributed by atoms with van der Waals surface area (Å²) < 4.78 is 4.47. The summed E-state index contributed by atoms with van der Waals surface area (Å²) in [6.07, 6.45) is 0. The van der Waals surface area contributed by atoms with E-state index in [2.05, 4.69) is 26.0 Å². The summed E-state index contributed by atoms with van der Waals surface area (Å²) in [5.74, 6) is -1.16. The third-order valence-corrected chi connectivity index (χ3v) is 2.94. The predicted molar refractivity (Wildman–Crippen MR) is 70.2 cm³/mol. The highest BCUT2D eigenvalue weighted by Gasteiger charge is 2.21. The number of rotatable bonds is 5. The molecule has 0 bridgehead atoms. The van der Waals surface area contributed by atoms with Crippen LogP contribution in [0.15, 0.2) is 24.3 Å². The minimum absolute atomic E-state index is 0.0302. The van der Waals surface area contributed by atoms with Gasteiger partial charge in [0.1, 0.15) is 10.4 Å². The van der Waals surface area contributed by atoms with Crippen molar-refractivity contribution in [3.8, 4) is 0 Å². The topological polar surface area (TPSA) is 98.5 Å². The summed E-state index contributed by atoms with van der Waals surface area (Å²) in [5, 5.41) is 13.2. The molecule has 7 nitrogen and oxygen atoms in total. The molecule has 8 heteroatoms. The Morgan fingerprint density at radius 3 is 2.68 bits per heavy atom. The van der Waals surface area contributed by atoms with Crippen molar-refractivity contribution in [2.24, 2.45) is 0 Å². The molecule has 1 rings (SSSR count). The molecule has 19 heavy (non-hydrogen) atoms. The zero-order chi connectivity index (χ0) is 14.4. The normalized spacial score (nSPS) is 11.5. The molecule has 102 valence electrons. The standard InChI is InChI=1S/C11H11BrN2O5/c1-19-11(16)8(12)6-13-10(15)7-4-2-3-5-9(7)14(17)18/h2-5,8H,6H2,1H3,(H,13,15). The number of amides is 1. The first kappa shape index (κ1) is 15.1. The van der Waals surface area contributed by atoms with Gasteiger partial charge < -0.3 is 10.1 Å². The molecule has 0 spiro atoms. The molecule has 0 radical (unpaired) electrons. The molecule has 1 amide bonds. The van der Waals surface area contributed by atoms with Gasteiger partial charge in [0.25, 0.3) is 11.6 Å². The number of ether oxygens (including phenoxy) is 1. The number of para-hydroxylation sites is 1. The van der Waals surface area contributed by atoms with Gasteiger partial charge in [0.05, 0.1) is 12.0 Å². The van der Waals surface area contributed by atoms with Crippen LogP contribution >= 0.6 is 15.9 Å². The third kappa shape index (κ3) is 4.02. The molecule has 0 saturated carbocycles. The summed E-state index contributed by atoms with van der Waals surface area (Å²) >= 11 is 3.03. The van der Waals surface area contributed by atoms with Crippen LogP contribution in [0.3, 0.4) is 0 Å². The second kappa shape index (κ2) is 6.83. The van der Waals surface area contributed by atoms with Crippen LogP contribution in [0.25, 0.3) is 0 Å². The number of hydrogen-bond donors (Lipinski definition) is 1. The number of nitrogens with one attached hydrogen (secondary N) is 1. The molecule has 0 aliphatic heterocycles. The Kier molecular flexibility index (Phi) is 5.43. The van der Waals surface area contributed by atoms with Gasteiger partial charge in [-0.3, -0.25) is 19.7 Å². The molecule has 1 aromatic rings. The number of nitro groups is 1. The summed E-state index contributed by atoms with van der Waals surface area (Å²) in [4.78, 5) is 32.3. The fourth-order valence-corrected chi connectivity index (χ4v) is 1.66. The lowest BCUT2D eigenvalue weighted by Gasteiger charge is -2.09. The van der Waals surface area contributed by atoms with Crippen LogP contribution < -0.4 is 5.32 Å². The maximum absolute atomic E-state index is 11.8. The highest BCUT2D eigenvalue weighted by atomic mass is 79.9. The lowest BCUT2D eigenvalue weighted by molar-refractivity contribution is -0.385. The Hall–Kier alpha value is -1.96. The summed E-state index contributed by atoms with van der Waals surface area (Å²) in [6.45, 7) is -0.0302. The van der Waals surface area contributed by atoms with E-state index in [1.54, 1.807) is 0 Å². The van der Waals surface area contributed by atoms with Crippen LogP contribution in [-0.2, 0) is 9.53 Å². The largest absolute Gasteiger partial charge is 0.468 e. The number of nitro benzene ring substituents is 1. The fraction of sp³-hybridized carbons (Fsp3) is 0.273. The van der Waals surface area contributed by atoms with E-state index >= 15 is 0 Å². The van der Waals surface area contributed by atoms with Crippen LogP contribution in [0.2, 0.25) is 0 Å². The van der Waals surface area contributed by atoms with Crippen LogP contribution in [0.5, 0.6) is 0 Å². The van der Waals surface area contributed by atoms with Crippen molar-refractivity contribution >= 4 is 33.5 Å². The minimum atomic E-state index is -0.704. The van der Waals surface area contributed by atoms with E-state index in [0.717, 1.165) is 0 Å². The lowest BCUT2D eigenvalue weighted by atomic mass is 10.1. The molecule has 0 heterocycles. The van der Waals surface area contributed by atoms with E-state index in [-0.39, 0.29) is 17.8 Å². The quantitative estimate of drug-likeness (QED) is 0.379. The molecule has 1 unspecified atom stereocenters. The number of methoxy groups -OCH3 is 1. The number of hydrogen-bond acceptors (Lipinski definition) is 5. The molecular weight excluding hydrogens is 320 g/mol. The van der Waals surface area contributed by atoms with Crippen molar-refractivity contribution in [2.75, 3.05) is 13.7 Å². The molecular formula is C11H11BrN2O5. The number of alkyl halides is 1. The zero-order valence-electron chi connectivity index (χ0n) is 9.96. The van der Waals surface area contributed by atoms with E-state index in [0.29, 0.717) is 0 Å². The van der Waals surface area contributed by atoms with Crippen LogP contribution in [0.4, 0.5) is 5.69 Å². The Morgan fingerprint density at radius 1 is 1.47 bits per heavy atom. The van der Waals surface area contributed by atoms with Gasteiger partial charge in [0.15, 0.2) is 0 Å². The Morgan fingerprint density at radius 2 is 2.11 bits per heavy atom. The van der Waals surface area contributed by atoms with E-state index in [1.807, 2.05) is 0 Å². The molecule has 1 atom stereocenters. The molecule has 0 aromatic heterocycles. The van der Waals surface area contributed by atoms with E-state index in [4.69, 9.17) is 0 Å². The average Bonchev–Trinajstić information content (AvgIpc) is 2.43. The molecule has 0 aliphatic rings. The first-order valence-electron chi connectivity index (χ1n) is 5.21. The zero-order valence-corrected chi connectivity index (χ0v) is 11.5. The first-order chi connectivity index (χ1) is 8.97. The van der Waals surface area contributed by atoms with Crippen LogP contribution in [-0.4, -0.2) is 35.3 Å². The third-order valence-electron chi connectivity index (χ3n) is 2.24. The first-order valence-corrected chi connectivity index (χ1v) is 6.12. The lowest BCUT2D eigenvalue weighted by Crippen LogP contribution is -2.34. The molecule has 0 fully saturated rings. The maximum atomic E-state index is 11.8. The van der Waals surface area contributed by atoms with Crippen molar-refractivity contribution in [2.45, 2.75) is 4.83 Å². The van der Waals surface area contributed by atoms with E-state index in [9.17, 15) is 19.7 Å². The molecule has 1 N–H and O–H groups in total. The summed E-state index contributed by atoms with van der Waals surface area (Å²) in [7, 11) is 1.22. The van der Waals surface area contributed by atoms with E-state index < -0.39 is 21.6 Å². The van der Waals surface area contributed by atoms with Crippen LogP contribution in [0, 0.1) is 10.1 Å². The van der Waals surface area contributed by atoms with Gasteiger partial charge in [-0.1, -0.05) is 28.1 Å². The Balaban J connectivity index is 2.74. The van der Waals surface area contributed by atoms with Crippen molar-refractivity contribution in [1.29, 1.82) is 0 Å². The Labute approximate surface area is 117 Å². The monoisotopic (exact) mass is 330 g/mol. The minimum Gasteiger partial charge on any atom is -0.468 e. The van der Waals surface area contributed by atoms with Crippen molar-refractivity contribution < 1.29 is 19.2 Å². The van der Waals surface area contributed by atoms with Gasteiger partial charge in [0, 0.05) is 12.6 Å². The van der Waals surface area contributed by atoms with Crippen molar-refractivity contribution in [1.82, 2.24) is 5.32 Å². The van der Waals surface area contributed by atoms with Gasteiger partial charge >= 0.3 is 5.97 Å². The number of carbonyl (C=O) groups excluding carboxylic acids is 2. The van der Waals surface area contributed by atoms with Gasteiger partial charge in [-0.2, -0.15) is 0 Å². The fourth-order valence-electron chi connectivity index (χ4n) is 1.31. The number of esters is 1. The number of carbonyl (C=O) groups is 2. The second-order valence-corrected chi connectivity index (χ2v) is 4.58. The van der Waals surface area contributed by atoms with Crippen molar-refractivity contribution in [3.05, 3.63) is 39.9 Å². The van der Waals surface area contributed by atoms with Crippen LogP contribution in [0.1, 0.15) is 10.4 Å². The predicted octanol–water partition coefficient (Wildman–Crippen LogP) is 1.26. The van der Waals surface area contributed by atoms with Crippen molar-refractivity contribution in [3.63, 3.8) is 0 Å². The van der Waals surface area contributed by atoms with Gasteiger partial charge in [0.2, 0.25) is 0 Å². The van der Waals surface area contributed by atoms with E-state index in [1.165, 1.54) is 31.4 Å². The molecule has 0 saturated heterocycles. The summed E-state index contributed by atoms with van der Waals surface area (Å²) in [5.41, 5.74) is -0.346. The second-order valence-electron chi connectivity index (χ2n) is 3.47. The number of nitrogens with zero attached hydrogens (tertiary/aromatic N) is 1.